The Morgan fingerprint density at radius 3 is 2.62 bits per heavy atom. The van der Waals surface area contributed by atoms with Crippen LogP contribution in [0.1, 0.15) is 51.9 Å². The van der Waals surface area contributed by atoms with E-state index in [1.54, 1.807) is 0 Å². The van der Waals surface area contributed by atoms with E-state index in [1.165, 1.54) is 19.3 Å². The lowest BCUT2D eigenvalue weighted by molar-refractivity contribution is 0.445. The van der Waals surface area contributed by atoms with Crippen LogP contribution in [0.4, 0.5) is 0 Å². The van der Waals surface area contributed by atoms with Gasteiger partial charge in [-0.15, -0.1) is 11.6 Å². The van der Waals surface area contributed by atoms with Crippen LogP contribution in [0.25, 0.3) is 11.0 Å². The monoisotopic (exact) mass is 326 g/mol. The van der Waals surface area contributed by atoms with E-state index in [9.17, 15) is 0 Å². The molecular weight excluding hydrogens is 303 g/mol. The van der Waals surface area contributed by atoms with Crippen LogP contribution in [0.3, 0.4) is 0 Å². The first-order valence-electron chi connectivity index (χ1n) is 7.75. The van der Waals surface area contributed by atoms with Gasteiger partial charge in [-0.05, 0) is 37.5 Å². The zero-order valence-corrected chi connectivity index (χ0v) is 14.6. The van der Waals surface area contributed by atoms with Gasteiger partial charge in [0.15, 0.2) is 0 Å². The summed E-state index contributed by atoms with van der Waals surface area (Å²) in [5.41, 5.74) is 2.13. The van der Waals surface area contributed by atoms with Gasteiger partial charge in [-0.25, -0.2) is 4.98 Å². The Labute approximate surface area is 137 Å². The number of fused-ring (bicyclic) bond motifs is 1. The van der Waals surface area contributed by atoms with Gasteiger partial charge in [0.25, 0.3) is 0 Å². The third kappa shape index (κ3) is 4.14. The van der Waals surface area contributed by atoms with Crippen LogP contribution in [0.2, 0.25) is 5.02 Å². The summed E-state index contributed by atoms with van der Waals surface area (Å²) in [7, 11) is 0. The zero-order chi connectivity index (χ0) is 15.4. The molecule has 0 saturated heterocycles. The summed E-state index contributed by atoms with van der Waals surface area (Å²) in [6.45, 7) is 6.82. The minimum atomic E-state index is 0.438. The third-order valence-corrected chi connectivity index (χ3v) is 4.31. The van der Waals surface area contributed by atoms with Gasteiger partial charge in [-0.3, -0.25) is 0 Å². The number of halogens is 2. The van der Waals surface area contributed by atoms with E-state index in [4.69, 9.17) is 28.2 Å². The molecule has 0 radical (unpaired) electrons. The molecule has 1 aromatic heterocycles. The normalized spacial score (nSPS) is 13.2. The number of rotatable bonds is 7. The molecule has 0 fully saturated rings. The molecule has 1 unspecified atom stereocenters. The summed E-state index contributed by atoms with van der Waals surface area (Å²) in [6.07, 6.45) is 4.48. The van der Waals surface area contributed by atoms with E-state index in [0.717, 1.165) is 34.2 Å². The molecule has 1 heterocycles. The Hall–Kier alpha value is -0.730. The number of benzene rings is 1. The van der Waals surface area contributed by atoms with Gasteiger partial charge in [0.2, 0.25) is 0 Å². The average Bonchev–Trinajstić information content (AvgIpc) is 2.75. The van der Waals surface area contributed by atoms with Gasteiger partial charge in [0.05, 0.1) is 11.0 Å². The maximum absolute atomic E-state index is 6.08. The van der Waals surface area contributed by atoms with E-state index in [1.807, 2.05) is 12.1 Å². The third-order valence-electron chi connectivity index (χ3n) is 3.89. The van der Waals surface area contributed by atoms with E-state index < -0.39 is 0 Å². The second-order valence-electron chi connectivity index (χ2n) is 6.14. The Balaban J connectivity index is 2.28. The number of alkyl halides is 1. The molecule has 0 aliphatic heterocycles. The van der Waals surface area contributed by atoms with Crippen molar-refractivity contribution >= 4 is 34.2 Å². The smallest absolute Gasteiger partial charge is 0.111 e. The summed E-state index contributed by atoms with van der Waals surface area (Å²) in [5, 5.41) is 0.733. The maximum Gasteiger partial charge on any atom is 0.111 e. The highest BCUT2D eigenvalue weighted by atomic mass is 35.5. The van der Waals surface area contributed by atoms with E-state index in [2.05, 4.69) is 31.4 Å². The number of imidazole rings is 1. The molecule has 0 saturated carbocycles. The molecule has 2 rings (SSSR count). The predicted molar refractivity (Wildman–Crippen MR) is 92.6 cm³/mol. The molecular formula is C17H24Cl2N2. The van der Waals surface area contributed by atoms with Crippen LogP contribution in [-0.2, 0) is 6.42 Å². The molecule has 0 aliphatic carbocycles. The van der Waals surface area contributed by atoms with Crippen LogP contribution in [0.5, 0.6) is 0 Å². The van der Waals surface area contributed by atoms with Crippen molar-refractivity contribution in [3.05, 3.63) is 29.0 Å². The first kappa shape index (κ1) is 16.6. The van der Waals surface area contributed by atoms with Crippen LogP contribution >= 0.6 is 23.2 Å². The standard InChI is InChI=1S/C17H24Cl2N2/c1-12(2)5-4-6-13(3)21-16-8-7-14(19)11-15(16)20-17(21)9-10-18/h7-8,11-13H,4-6,9-10H2,1-3H3. The second-order valence-corrected chi connectivity index (χ2v) is 6.96. The number of hydrogen-bond donors (Lipinski definition) is 0. The van der Waals surface area contributed by atoms with Crippen molar-refractivity contribution in [1.82, 2.24) is 9.55 Å². The summed E-state index contributed by atoms with van der Waals surface area (Å²) >= 11 is 12.0. The van der Waals surface area contributed by atoms with E-state index >= 15 is 0 Å². The first-order chi connectivity index (χ1) is 10.0. The minimum Gasteiger partial charge on any atom is -0.325 e. The maximum atomic E-state index is 6.08. The minimum absolute atomic E-state index is 0.438. The predicted octanol–water partition coefficient (Wildman–Crippen LogP) is 5.86. The summed E-state index contributed by atoms with van der Waals surface area (Å²) < 4.78 is 2.34. The zero-order valence-electron chi connectivity index (χ0n) is 13.1. The van der Waals surface area contributed by atoms with Crippen LogP contribution in [0.15, 0.2) is 18.2 Å². The topological polar surface area (TPSA) is 17.8 Å². The van der Waals surface area contributed by atoms with E-state index in [0.29, 0.717) is 11.9 Å². The van der Waals surface area contributed by atoms with Crippen molar-refractivity contribution in [3.8, 4) is 0 Å². The van der Waals surface area contributed by atoms with Crippen molar-refractivity contribution in [2.45, 2.75) is 52.5 Å². The lowest BCUT2D eigenvalue weighted by Crippen LogP contribution is -2.10. The number of aromatic nitrogens is 2. The number of aryl methyl sites for hydroxylation is 1. The molecule has 0 amide bonds. The fraction of sp³-hybridized carbons (Fsp3) is 0.588. The quantitative estimate of drug-likeness (QED) is 0.583. The van der Waals surface area contributed by atoms with Gasteiger partial charge in [0.1, 0.15) is 5.82 Å². The van der Waals surface area contributed by atoms with Crippen molar-refractivity contribution in [3.63, 3.8) is 0 Å². The fourth-order valence-electron chi connectivity index (χ4n) is 2.83. The molecule has 0 N–H and O–H groups in total. The van der Waals surface area contributed by atoms with Crippen molar-refractivity contribution in [2.75, 3.05) is 5.88 Å². The van der Waals surface area contributed by atoms with Crippen molar-refractivity contribution in [1.29, 1.82) is 0 Å². The van der Waals surface area contributed by atoms with Gasteiger partial charge in [0, 0.05) is 23.4 Å². The molecule has 0 bridgehead atoms. The molecule has 2 nitrogen and oxygen atoms in total. The fourth-order valence-corrected chi connectivity index (χ4v) is 3.16. The molecule has 1 atom stereocenters. The Kier molecular flexibility index (Phi) is 5.95. The Morgan fingerprint density at radius 1 is 1.19 bits per heavy atom. The number of nitrogens with zero attached hydrogens (tertiary/aromatic N) is 2. The SMILES string of the molecule is CC(C)CCCC(C)n1c(CCCl)nc2cc(Cl)ccc21. The number of hydrogen-bond acceptors (Lipinski definition) is 1. The summed E-state index contributed by atoms with van der Waals surface area (Å²) in [5.74, 6) is 2.42. The molecule has 4 heteroatoms. The van der Waals surface area contributed by atoms with E-state index in [-0.39, 0.29) is 0 Å². The van der Waals surface area contributed by atoms with Crippen molar-refractivity contribution in [2.24, 2.45) is 5.92 Å². The molecule has 0 spiro atoms. The summed E-state index contributed by atoms with van der Waals surface area (Å²) in [4.78, 5) is 4.72. The van der Waals surface area contributed by atoms with Crippen LogP contribution in [-0.4, -0.2) is 15.4 Å². The Bertz CT molecular complexity index is 590. The molecule has 0 aliphatic rings. The summed E-state index contributed by atoms with van der Waals surface area (Å²) in [6, 6.07) is 6.38. The highest BCUT2D eigenvalue weighted by Crippen LogP contribution is 2.27. The molecule has 21 heavy (non-hydrogen) atoms. The molecule has 1 aromatic carbocycles. The highest BCUT2D eigenvalue weighted by Gasteiger charge is 2.15. The highest BCUT2D eigenvalue weighted by molar-refractivity contribution is 6.31. The van der Waals surface area contributed by atoms with Gasteiger partial charge in [-0.2, -0.15) is 0 Å². The molecule has 2 aromatic rings. The second kappa shape index (κ2) is 7.51. The average molecular weight is 327 g/mol. The largest absolute Gasteiger partial charge is 0.325 e. The van der Waals surface area contributed by atoms with Crippen LogP contribution < -0.4 is 0 Å². The van der Waals surface area contributed by atoms with Crippen LogP contribution in [0, 0.1) is 5.92 Å². The molecule has 116 valence electrons. The van der Waals surface area contributed by atoms with Gasteiger partial charge < -0.3 is 4.57 Å². The lowest BCUT2D eigenvalue weighted by Gasteiger charge is -2.18. The Morgan fingerprint density at radius 2 is 1.95 bits per heavy atom. The van der Waals surface area contributed by atoms with Gasteiger partial charge >= 0.3 is 0 Å². The lowest BCUT2D eigenvalue weighted by atomic mass is 10.0. The van der Waals surface area contributed by atoms with Crippen molar-refractivity contribution < 1.29 is 0 Å². The first-order valence-corrected chi connectivity index (χ1v) is 8.66. The van der Waals surface area contributed by atoms with Gasteiger partial charge in [-0.1, -0.05) is 38.3 Å².